The second-order valence-corrected chi connectivity index (χ2v) is 5.03. The molecule has 0 bridgehead atoms. The monoisotopic (exact) mass is 255 g/mol. The van der Waals surface area contributed by atoms with Crippen molar-refractivity contribution in [2.45, 2.75) is 31.7 Å². The highest BCUT2D eigenvalue weighted by Gasteiger charge is 2.39. The summed E-state index contributed by atoms with van der Waals surface area (Å²) in [4.78, 5) is 0. The standard InChI is InChI=1S/C13H18ClNO2/c1-8-7-9(14)11(16-2)12(17-3)10(8)13(15)5-4-6-13/h7H,4-6,15H2,1-3H3. The normalized spacial score (nSPS) is 17.5. The zero-order valence-corrected chi connectivity index (χ0v) is 11.2. The van der Waals surface area contributed by atoms with E-state index in [1.165, 1.54) is 0 Å². The Morgan fingerprint density at radius 1 is 1.24 bits per heavy atom. The van der Waals surface area contributed by atoms with E-state index in [1.54, 1.807) is 14.2 Å². The number of ether oxygens (including phenoxy) is 2. The Hall–Kier alpha value is -0.930. The van der Waals surface area contributed by atoms with Crippen molar-refractivity contribution in [3.8, 4) is 11.5 Å². The van der Waals surface area contributed by atoms with Crippen LogP contribution in [-0.2, 0) is 5.54 Å². The molecule has 1 aliphatic carbocycles. The Kier molecular flexibility index (Phi) is 3.23. The molecular weight excluding hydrogens is 238 g/mol. The topological polar surface area (TPSA) is 44.5 Å². The van der Waals surface area contributed by atoms with Crippen LogP contribution in [0.5, 0.6) is 11.5 Å². The molecule has 1 aromatic rings. The second-order valence-electron chi connectivity index (χ2n) is 4.63. The summed E-state index contributed by atoms with van der Waals surface area (Å²) in [6, 6.07) is 1.89. The van der Waals surface area contributed by atoms with Gasteiger partial charge in [-0.1, -0.05) is 11.6 Å². The summed E-state index contributed by atoms with van der Waals surface area (Å²) >= 11 is 6.15. The van der Waals surface area contributed by atoms with E-state index in [2.05, 4.69) is 0 Å². The Morgan fingerprint density at radius 3 is 2.24 bits per heavy atom. The molecule has 17 heavy (non-hydrogen) atoms. The number of aryl methyl sites for hydroxylation is 1. The van der Waals surface area contributed by atoms with Gasteiger partial charge in [0.2, 0.25) is 0 Å². The first-order valence-electron chi connectivity index (χ1n) is 5.74. The lowest BCUT2D eigenvalue weighted by Gasteiger charge is -2.40. The minimum Gasteiger partial charge on any atom is -0.492 e. The van der Waals surface area contributed by atoms with Gasteiger partial charge in [-0.2, -0.15) is 0 Å². The highest BCUT2D eigenvalue weighted by atomic mass is 35.5. The number of halogens is 1. The third kappa shape index (κ3) is 1.87. The molecule has 1 aromatic carbocycles. The number of hydrogen-bond donors (Lipinski definition) is 1. The van der Waals surface area contributed by atoms with Gasteiger partial charge in [0.05, 0.1) is 19.2 Å². The summed E-state index contributed by atoms with van der Waals surface area (Å²) in [5.74, 6) is 1.26. The van der Waals surface area contributed by atoms with Crippen LogP contribution >= 0.6 is 11.6 Å². The molecule has 1 fully saturated rings. The number of benzene rings is 1. The molecule has 0 atom stereocenters. The summed E-state index contributed by atoms with van der Waals surface area (Å²) in [5.41, 5.74) is 8.21. The van der Waals surface area contributed by atoms with Gasteiger partial charge in [0, 0.05) is 11.1 Å². The van der Waals surface area contributed by atoms with E-state index in [4.69, 9.17) is 26.8 Å². The molecule has 1 aliphatic rings. The first-order valence-corrected chi connectivity index (χ1v) is 6.11. The lowest BCUT2D eigenvalue weighted by molar-refractivity contribution is 0.239. The number of hydrogen-bond acceptors (Lipinski definition) is 3. The van der Waals surface area contributed by atoms with Crippen LogP contribution in [0.2, 0.25) is 5.02 Å². The molecule has 0 aromatic heterocycles. The van der Waals surface area contributed by atoms with Crippen molar-refractivity contribution in [3.05, 3.63) is 22.2 Å². The molecule has 0 heterocycles. The molecule has 1 saturated carbocycles. The molecule has 0 spiro atoms. The molecular formula is C13H18ClNO2. The molecule has 2 N–H and O–H groups in total. The molecule has 0 radical (unpaired) electrons. The van der Waals surface area contributed by atoms with Gasteiger partial charge >= 0.3 is 0 Å². The predicted molar refractivity (Wildman–Crippen MR) is 69.0 cm³/mol. The van der Waals surface area contributed by atoms with Crippen LogP contribution in [0.15, 0.2) is 6.07 Å². The summed E-state index contributed by atoms with van der Waals surface area (Å²) < 4.78 is 10.8. The van der Waals surface area contributed by atoms with E-state index in [1.807, 2.05) is 13.0 Å². The average Bonchev–Trinajstić information content (AvgIpc) is 2.25. The predicted octanol–water partition coefficient (Wildman–Crippen LogP) is 3.00. The van der Waals surface area contributed by atoms with Crippen LogP contribution in [0.4, 0.5) is 0 Å². The van der Waals surface area contributed by atoms with E-state index < -0.39 is 0 Å². The van der Waals surface area contributed by atoms with E-state index >= 15 is 0 Å². The summed E-state index contributed by atoms with van der Waals surface area (Å²) in [5, 5.41) is 0.563. The summed E-state index contributed by atoms with van der Waals surface area (Å²) in [7, 11) is 3.21. The fourth-order valence-electron chi connectivity index (χ4n) is 2.54. The molecule has 3 nitrogen and oxygen atoms in total. The van der Waals surface area contributed by atoms with Gasteiger partial charge in [-0.05, 0) is 37.8 Å². The Morgan fingerprint density at radius 2 is 1.82 bits per heavy atom. The van der Waals surface area contributed by atoms with Crippen molar-refractivity contribution in [3.63, 3.8) is 0 Å². The summed E-state index contributed by atoms with van der Waals surface area (Å²) in [6.45, 7) is 2.01. The minimum absolute atomic E-state index is 0.284. The van der Waals surface area contributed by atoms with Crippen LogP contribution < -0.4 is 15.2 Å². The smallest absolute Gasteiger partial charge is 0.179 e. The maximum absolute atomic E-state index is 6.40. The molecule has 0 amide bonds. The van der Waals surface area contributed by atoms with Crippen LogP contribution in [0, 0.1) is 6.92 Å². The van der Waals surface area contributed by atoms with Gasteiger partial charge in [0.25, 0.3) is 0 Å². The van der Waals surface area contributed by atoms with Crippen LogP contribution in [0.3, 0.4) is 0 Å². The van der Waals surface area contributed by atoms with Gasteiger partial charge < -0.3 is 15.2 Å². The number of methoxy groups -OCH3 is 2. The minimum atomic E-state index is -0.284. The van der Waals surface area contributed by atoms with Crippen LogP contribution in [0.25, 0.3) is 0 Å². The third-order valence-corrected chi connectivity index (χ3v) is 3.82. The molecule has 0 aliphatic heterocycles. The maximum atomic E-state index is 6.40. The fourth-order valence-corrected chi connectivity index (χ4v) is 2.87. The quantitative estimate of drug-likeness (QED) is 0.903. The highest BCUT2D eigenvalue weighted by molar-refractivity contribution is 6.32. The van der Waals surface area contributed by atoms with Gasteiger partial charge in [-0.15, -0.1) is 0 Å². The van der Waals surface area contributed by atoms with Crippen LogP contribution in [-0.4, -0.2) is 14.2 Å². The van der Waals surface area contributed by atoms with Crippen molar-refractivity contribution >= 4 is 11.6 Å². The van der Waals surface area contributed by atoms with Crippen molar-refractivity contribution in [1.82, 2.24) is 0 Å². The third-order valence-electron chi connectivity index (χ3n) is 3.54. The Bertz CT molecular complexity index is 442. The first kappa shape index (κ1) is 12.5. The second kappa shape index (κ2) is 4.39. The van der Waals surface area contributed by atoms with Crippen molar-refractivity contribution in [2.75, 3.05) is 14.2 Å². The van der Waals surface area contributed by atoms with Crippen molar-refractivity contribution in [1.29, 1.82) is 0 Å². The molecule has 0 saturated heterocycles. The lowest BCUT2D eigenvalue weighted by Crippen LogP contribution is -2.44. The number of nitrogens with two attached hydrogens (primary N) is 1. The SMILES string of the molecule is COc1c(Cl)cc(C)c(C2(N)CCC2)c1OC. The molecule has 94 valence electrons. The fraction of sp³-hybridized carbons (Fsp3) is 0.538. The van der Waals surface area contributed by atoms with Gasteiger partial charge in [-0.3, -0.25) is 0 Å². The zero-order valence-electron chi connectivity index (χ0n) is 10.5. The first-order chi connectivity index (χ1) is 8.03. The van der Waals surface area contributed by atoms with Gasteiger partial charge in [0.1, 0.15) is 0 Å². The van der Waals surface area contributed by atoms with E-state index in [0.717, 1.165) is 30.4 Å². The van der Waals surface area contributed by atoms with Gasteiger partial charge in [0.15, 0.2) is 11.5 Å². The zero-order chi connectivity index (χ0) is 12.6. The highest BCUT2D eigenvalue weighted by Crippen LogP contribution is 2.49. The van der Waals surface area contributed by atoms with Crippen molar-refractivity contribution < 1.29 is 9.47 Å². The lowest BCUT2D eigenvalue weighted by atomic mass is 9.71. The molecule has 4 heteroatoms. The maximum Gasteiger partial charge on any atom is 0.179 e. The van der Waals surface area contributed by atoms with Crippen molar-refractivity contribution in [2.24, 2.45) is 5.73 Å². The van der Waals surface area contributed by atoms with Gasteiger partial charge in [-0.25, -0.2) is 0 Å². The largest absolute Gasteiger partial charge is 0.492 e. The molecule has 0 unspecified atom stereocenters. The number of rotatable bonds is 3. The Balaban J connectivity index is 2.64. The van der Waals surface area contributed by atoms with E-state index in [-0.39, 0.29) is 5.54 Å². The van der Waals surface area contributed by atoms with Crippen LogP contribution in [0.1, 0.15) is 30.4 Å². The summed E-state index contributed by atoms with van der Waals surface area (Å²) in [6.07, 6.45) is 3.12. The van der Waals surface area contributed by atoms with E-state index in [9.17, 15) is 0 Å². The molecule has 2 rings (SSSR count). The average molecular weight is 256 g/mol. The van der Waals surface area contributed by atoms with E-state index in [0.29, 0.717) is 16.5 Å². The Labute approximate surface area is 107 Å².